The maximum atomic E-state index is 14.2. The summed E-state index contributed by atoms with van der Waals surface area (Å²) in [5.74, 6) is 0. The molecule has 7 heteroatoms. The second kappa shape index (κ2) is 4.79. The fraction of sp³-hybridized carbons (Fsp3) is 0.500. The summed E-state index contributed by atoms with van der Waals surface area (Å²) in [5.41, 5.74) is 0. The van der Waals surface area contributed by atoms with Crippen LogP contribution in [0.2, 0.25) is 24.7 Å². The Morgan fingerprint density at radius 3 is 2.37 bits per heavy atom. The van der Waals surface area contributed by atoms with E-state index in [1.54, 1.807) is 0 Å². The quantitative estimate of drug-likeness (QED) is 0.759. The number of ether oxygens (including phenoxy) is 2. The molecule has 0 aliphatic carbocycles. The van der Waals surface area contributed by atoms with E-state index >= 15 is 0 Å². The van der Waals surface area contributed by atoms with E-state index in [1.807, 2.05) is 0 Å². The van der Waals surface area contributed by atoms with Crippen LogP contribution in [-0.4, -0.2) is 21.3 Å². The van der Waals surface area contributed by atoms with Gasteiger partial charge in [-0.2, -0.15) is 4.39 Å². The van der Waals surface area contributed by atoms with Gasteiger partial charge in [0.2, 0.25) is 0 Å². The van der Waals surface area contributed by atoms with Crippen molar-refractivity contribution in [2.24, 2.45) is 0 Å². The van der Waals surface area contributed by atoms with Gasteiger partial charge in [0.25, 0.3) is 0 Å². The zero-order valence-electron chi connectivity index (χ0n) is 10.9. The fourth-order valence-corrected chi connectivity index (χ4v) is 8.48. The van der Waals surface area contributed by atoms with Crippen LogP contribution in [0.3, 0.4) is 0 Å². The van der Waals surface area contributed by atoms with Crippen molar-refractivity contribution in [1.82, 2.24) is 0 Å². The van der Waals surface area contributed by atoms with Crippen LogP contribution < -0.4 is 5.19 Å². The molecule has 0 N–H and O–H groups in total. The van der Waals surface area contributed by atoms with Crippen LogP contribution in [-0.2, 0) is 9.47 Å². The van der Waals surface area contributed by atoms with Crippen LogP contribution in [0.1, 0.15) is 11.2 Å². The molecule has 2 nitrogen and oxygen atoms in total. The molecule has 2 aromatic heterocycles. The number of fused-ring (bicyclic) bond motifs is 1. The predicted octanol–water partition coefficient (Wildman–Crippen LogP) is 4.35. The second-order valence-corrected chi connectivity index (χ2v) is 12.9. The summed E-state index contributed by atoms with van der Waals surface area (Å²) in [6, 6.07) is 0. The smallest absolute Gasteiger partial charge is 0.194 e. The van der Waals surface area contributed by atoms with Gasteiger partial charge in [-0.25, -0.2) is 0 Å². The van der Waals surface area contributed by atoms with E-state index in [4.69, 9.17) is 21.1 Å². The summed E-state index contributed by atoms with van der Waals surface area (Å²) >= 11 is 9.05. The number of halogens is 2. The molecule has 0 aromatic carbocycles. The first-order valence-corrected chi connectivity index (χ1v) is 11.5. The molecule has 0 spiro atoms. The maximum absolute atomic E-state index is 14.2. The topological polar surface area (TPSA) is 18.5 Å². The largest absolute Gasteiger partial charge is 0.345 e. The van der Waals surface area contributed by atoms with Gasteiger partial charge >= 0.3 is 0 Å². The molecule has 0 amide bonds. The number of thiophene rings is 2. The Hall–Kier alpha value is 0.0169. The molecule has 0 unspecified atom stereocenters. The van der Waals surface area contributed by atoms with Gasteiger partial charge in [0.1, 0.15) is 0 Å². The van der Waals surface area contributed by atoms with Crippen molar-refractivity contribution >= 4 is 56.9 Å². The van der Waals surface area contributed by atoms with Crippen LogP contribution >= 0.6 is 34.3 Å². The summed E-state index contributed by atoms with van der Waals surface area (Å²) in [7, 11) is -1.73. The number of hydrogen-bond acceptors (Lipinski definition) is 4. The van der Waals surface area contributed by atoms with E-state index in [0.717, 1.165) is 30.8 Å². The van der Waals surface area contributed by atoms with Gasteiger partial charge in [-0.15, -0.1) is 22.7 Å². The van der Waals surface area contributed by atoms with Gasteiger partial charge in [0, 0.05) is 9.89 Å². The highest BCUT2D eigenvalue weighted by molar-refractivity contribution is 7.31. The molecule has 1 aliphatic rings. The van der Waals surface area contributed by atoms with Crippen molar-refractivity contribution in [1.29, 1.82) is 0 Å². The lowest BCUT2D eigenvalue weighted by molar-refractivity contribution is -0.0412. The van der Waals surface area contributed by atoms with E-state index in [1.165, 1.54) is 11.3 Å². The number of hydrogen-bond donors (Lipinski definition) is 0. The molecule has 0 atom stereocenters. The summed E-state index contributed by atoms with van der Waals surface area (Å²) < 4.78 is 27.0. The molecular weight excluding hydrogens is 323 g/mol. The standard InChI is InChI=1S/C12H14ClFO2S2Si/c1-19(2,3)10-9-7(18-11(10)14)6(13)8(17-9)12-15-4-5-16-12/h12H,4-5H2,1-3H3. The van der Waals surface area contributed by atoms with Crippen molar-refractivity contribution in [3.8, 4) is 0 Å². The zero-order valence-corrected chi connectivity index (χ0v) is 14.3. The van der Waals surface area contributed by atoms with E-state index < -0.39 is 8.07 Å². The normalized spacial score (nSPS) is 17.7. The average Bonchev–Trinajstić information content (AvgIpc) is 2.94. The Labute approximate surface area is 125 Å². The van der Waals surface area contributed by atoms with Crippen molar-refractivity contribution in [2.45, 2.75) is 25.9 Å². The molecule has 0 radical (unpaired) electrons. The fourth-order valence-electron chi connectivity index (χ4n) is 2.20. The van der Waals surface area contributed by atoms with Crippen LogP contribution in [0.5, 0.6) is 0 Å². The SMILES string of the molecule is C[Si](C)(C)c1c(F)sc2c(Cl)c(C3OCCO3)sc12. The Bertz CT molecular complexity index is 626. The van der Waals surface area contributed by atoms with Crippen LogP contribution in [0, 0.1) is 5.13 Å². The summed E-state index contributed by atoms with van der Waals surface area (Å²) in [4.78, 5) is 0.875. The Balaban J connectivity index is 2.19. The maximum Gasteiger partial charge on any atom is 0.194 e. The average molecular weight is 337 g/mol. The van der Waals surface area contributed by atoms with Gasteiger partial charge < -0.3 is 9.47 Å². The third-order valence-corrected chi connectivity index (χ3v) is 8.34. The van der Waals surface area contributed by atoms with Crippen LogP contribution in [0.15, 0.2) is 0 Å². The third kappa shape index (κ3) is 2.28. The molecule has 1 saturated heterocycles. The minimum absolute atomic E-state index is 0.0814. The second-order valence-electron chi connectivity index (χ2n) is 5.51. The Kier molecular flexibility index (Phi) is 3.52. The van der Waals surface area contributed by atoms with Crippen molar-refractivity contribution in [3.63, 3.8) is 0 Å². The molecule has 3 rings (SSSR count). The van der Waals surface area contributed by atoms with Crippen molar-refractivity contribution in [3.05, 3.63) is 15.0 Å². The van der Waals surface area contributed by atoms with Crippen molar-refractivity contribution < 1.29 is 13.9 Å². The van der Waals surface area contributed by atoms with Gasteiger partial charge in [-0.1, -0.05) is 31.2 Å². The highest BCUT2D eigenvalue weighted by Crippen LogP contribution is 2.44. The van der Waals surface area contributed by atoms with E-state index in [-0.39, 0.29) is 11.4 Å². The summed E-state index contributed by atoms with van der Waals surface area (Å²) in [6.07, 6.45) is -0.380. The third-order valence-electron chi connectivity index (χ3n) is 3.04. The molecule has 3 heterocycles. The van der Waals surface area contributed by atoms with E-state index in [2.05, 4.69) is 19.6 Å². The van der Waals surface area contributed by atoms with Gasteiger partial charge in [-0.3, -0.25) is 0 Å². The first-order chi connectivity index (χ1) is 8.89. The molecule has 0 bridgehead atoms. The molecule has 19 heavy (non-hydrogen) atoms. The molecule has 2 aromatic rings. The molecule has 104 valence electrons. The molecule has 0 saturated carbocycles. The first kappa shape index (κ1) is 14.0. The monoisotopic (exact) mass is 336 g/mol. The minimum Gasteiger partial charge on any atom is -0.345 e. The van der Waals surface area contributed by atoms with Gasteiger partial charge in [-0.05, 0) is 0 Å². The van der Waals surface area contributed by atoms with Gasteiger partial charge in [0.05, 0.1) is 35.9 Å². The summed E-state index contributed by atoms with van der Waals surface area (Å²) in [5, 5.41) is 1.39. The lowest BCUT2D eigenvalue weighted by Crippen LogP contribution is -2.38. The minimum atomic E-state index is -1.73. The Morgan fingerprint density at radius 1 is 1.16 bits per heavy atom. The lowest BCUT2D eigenvalue weighted by Gasteiger charge is -2.14. The Morgan fingerprint density at radius 2 is 1.79 bits per heavy atom. The molecule has 1 aliphatic heterocycles. The lowest BCUT2D eigenvalue weighted by atomic mass is 10.4. The molecular formula is C12H14ClFO2S2Si. The summed E-state index contributed by atoms with van der Waals surface area (Å²) in [6.45, 7) is 7.61. The number of rotatable bonds is 2. The molecule has 1 fully saturated rings. The van der Waals surface area contributed by atoms with Crippen LogP contribution in [0.25, 0.3) is 9.40 Å². The van der Waals surface area contributed by atoms with Crippen LogP contribution in [0.4, 0.5) is 4.39 Å². The van der Waals surface area contributed by atoms with E-state index in [9.17, 15) is 4.39 Å². The zero-order chi connectivity index (χ0) is 13.8. The highest BCUT2D eigenvalue weighted by Gasteiger charge is 2.32. The predicted molar refractivity (Wildman–Crippen MR) is 82.3 cm³/mol. The van der Waals surface area contributed by atoms with Gasteiger partial charge in [0.15, 0.2) is 11.4 Å². The first-order valence-electron chi connectivity index (χ1n) is 6.03. The highest BCUT2D eigenvalue weighted by atomic mass is 35.5. The van der Waals surface area contributed by atoms with Crippen molar-refractivity contribution in [2.75, 3.05) is 13.2 Å². The van der Waals surface area contributed by atoms with E-state index in [0.29, 0.717) is 18.2 Å².